The van der Waals surface area contributed by atoms with Gasteiger partial charge in [-0.25, -0.2) is 14.5 Å². The van der Waals surface area contributed by atoms with Gasteiger partial charge in [-0.3, -0.25) is 9.69 Å². The highest BCUT2D eigenvalue weighted by Gasteiger charge is 2.43. The van der Waals surface area contributed by atoms with E-state index < -0.39 is 46.8 Å². The number of anilines is 3. The van der Waals surface area contributed by atoms with Gasteiger partial charge in [-0.05, 0) is 143 Å². The maximum atomic E-state index is 14.8. The molecule has 2 aliphatic heterocycles. The first-order chi connectivity index (χ1) is 25.0. The molecular weight excluding hydrogens is 720 g/mol. The van der Waals surface area contributed by atoms with Crippen molar-refractivity contribution in [2.24, 2.45) is 0 Å². The Hall–Kier alpha value is -3.71. The van der Waals surface area contributed by atoms with E-state index in [9.17, 15) is 27.6 Å². The standard InChI is InChI=1S/C41H54F3N3O6S/c1-38(2,3)51-34(48)15-12-20-45-21-18-29(19-22-45)46(36(49)52-39(4,5)6)31-24-28(41(42,43)44)25-33-35(31)47(37(50)53-40(7,8)9)30-17-16-27(23-32(30)54-33)26-13-10-11-14-26/h13,16-17,23-25,29H,10-12,14-15,18-22H2,1-9H3. The number of alkyl halides is 3. The van der Waals surface area contributed by atoms with Gasteiger partial charge < -0.3 is 19.1 Å². The zero-order valence-electron chi connectivity index (χ0n) is 32.9. The number of amides is 2. The fourth-order valence-corrected chi connectivity index (χ4v) is 8.05. The molecule has 0 radical (unpaired) electrons. The van der Waals surface area contributed by atoms with Gasteiger partial charge in [0.15, 0.2) is 0 Å². The molecule has 0 aromatic heterocycles. The fourth-order valence-electron chi connectivity index (χ4n) is 6.89. The number of hydrogen-bond donors (Lipinski definition) is 0. The SMILES string of the molecule is CC(C)(C)OC(=O)CCCN1CCC(N(C(=O)OC(C)(C)C)c2cc(C(F)(F)F)cc3c2N(C(=O)OC(C)(C)C)c2ccc(C4=CCCC4)cc2S3)CC1. The summed E-state index contributed by atoms with van der Waals surface area (Å²) in [6, 6.07) is 7.09. The third-order valence-electron chi connectivity index (χ3n) is 9.06. The van der Waals surface area contributed by atoms with Gasteiger partial charge in [0.1, 0.15) is 16.8 Å². The van der Waals surface area contributed by atoms with Crippen LogP contribution in [0, 0.1) is 0 Å². The highest BCUT2D eigenvalue weighted by molar-refractivity contribution is 7.99. The molecule has 3 aliphatic rings. The number of piperidine rings is 1. The number of halogens is 3. The molecule has 9 nitrogen and oxygen atoms in total. The van der Waals surface area contributed by atoms with E-state index in [1.54, 1.807) is 47.6 Å². The van der Waals surface area contributed by atoms with Crippen molar-refractivity contribution in [2.75, 3.05) is 29.4 Å². The summed E-state index contributed by atoms with van der Waals surface area (Å²) < 4.78 is 61.6. The number of carbonyl (C=O) groups excluding carboxylic acids is 3. The normalized spacial score (nSPS) is 17.0. The number of allylic oxidation sites excluding steroid dienone is 2. The van der Waals surface area contributed by atoms with Crippen molar-refractivity contribution in [2.45, 2.75) is 146 Å². The van der Waals surface area contributed by atoms with E-state index in [4.69, 9.17) is 14.2 Å². The van der Waals surface area contributed by atoms with Crippen LogP contribution in [0.25, 0.3) is 5.57 Å². The van der Waals surface area contributed by atoms with Gasteiger partial charge in [0.2, 0.25) is 0 Å². The Morgan fingerprint density at radius 3 is 2.07 bits per heavy atom. The molecule has 5 rings (SSSR count). The molecule has 2 amide bonds. The molecule has 1 fully saturated rings. The van der Waals surface area contributed by atoms with Crippen molar-refractivity contribution in [3.8, 4) is 0 Å². The van der Waals surface area contributed by atoms with E-state index in [0.717, 1.165) is 54.3 Å². The molecule has 0 saturated carbocycles. The summed E-state index contributed by atoms with van der Waals surface area (Å²) in [5.41, 5.74) is -0.790. The summed E-state index contributed by atoms with van der Waals surface area (Å²) in [5, 5.41) is 0. The average Bonchev–Trinajstić information content (AvgIpc) is 3.56. The van der Waals surface area contributed by atoms with Crippen LogP contribution in [0.3, 0.4) is 0 Å². The second-order valence-corrected chi connectivity index (χ2v) is 18.3. The van der Waals surface area contributed by atoms with E-state index in [1.165, 1.54) is 9.80 Å². The second-order valence-electron chi connectivity index (χ2n) is 17.2. The molecule has 1 saturated heterocycles. The highest BCUT2D eigenvalue weighted by Crippen LogP contribution is 2.55. The number of rotatable bonds is 7. The summed E-state index contributed by atoms with van der Waals surface area (Å²) in [6.07, 6.45) is 0.385. The largest absolute Gasteiger partial charge is 0.460 e. The zero-order chi connectivity index (χ0) is 39.8. The van der Waals surface area contributed by atoms with Crippen LogP contribution in [0.1, 0.15) is 118 Å². The Labute approximate surface area is 321 Å². The first-order valence-corrected chi connectivity index (χ1v) is 19.6. The van der Waals surface area contributed by atoms with Crippen molar-refractivity contribution in [3.63, 3.8) is 0 Å². The van der Waals surface area contributed by atoms with Crippen LogP contribution in [0.4, 0.5) is 39.8 Å². The lowest BCUT2D eigenvalue weighted by Gasteiger charge is -2.42. The van der Waals surface area contributed by atoms with Crippen LogP contribution in [0.2, 0.25) is 0 Å². The quantitative estimate of drug-likeness (QED) is 0.203. The Balaban J connectivity index is 1.57. The number of esters is 1. The smallest absolute Gasteiger partial charge is 0.419 e. The lowest BCUT2D eigenvalue weighted by Crippen LogP contribution is -2.50. The van der Waals surface area contributed by atoms with Gasteiger partial charge in [-0.15, -0.1) is 0 Å². The summed E-state index contributed by atoms with van der Waals surface area (Å²) in [4.78, 5) is 46.4. The molecule has 0 spiro atoms. The predicted octanol–water partition coefficient (Wildman–Crippen LogP) is 11.1. The first kappa shape index (κ1) is 41.5. The molecule has 2 aromatic carbocycles. The Kier molecular flexibility index (Phi) is 12.1. The predicted molar refractivity (Wildman–Crippen MR) is 205 cm³/mol. The summed E-state index contributed by atoms with van der Waals surface area (Å²) in [5.74, 6) is -0.274. The highest BCUT2D eigenvalue weighted by atomic mass is 32.2. The Bertz CT molecular complexity index is 1760. The third-order valence-corrected chi connectivity index (χ3v) is 10.1. The van der Waals surface area contributed by atoms with E-state index in [0.29, 0.717) is 49.5 Å². The number of hydrogen-bond acceptors (Lipinski definition) is 8. The minimum atomic E-state index is -4.75. The number of benzene rings is 2. The van der Waals surface area contributed by atoms with Crippen LogP contribution in [-0.2, 0) is 25.2 Å². The second kappa shape index (κ2) is 15.8. The van der Waals surface area contributed by atoms with Crippen LogP contribution < -0.4 is 9.80 Å². The molecule has 13 heteroatoms. The summed E-state index contributed by atoms with van der Waals surface area (Å²) >= 11 is 1.14. The van der Waals surface area contributed by atoms with Gasteiger partial charge in [0, 0.05) is 35.3 Å². The van der Waals surface area contributed by atoms with Crippen LogP contribution in [-0.4, -0.2) is 65.5 Å². The number of ether oxygens (including phenoxy) is 3. The maximum Gasteiger partial charge on any atom is 0.419 e. The number of likely N-dealkylation sites (tertiary alicyclic amines) is 1. The number of fused-ring (bicyclic) bond motifs is 2. The molecular formula is C41H54F3N3O6S. The number of carbonyl (C=O) groups is 3. The van der Waals surface area contributed by atoms with Gasteiger partial charge in [0.05, 0.1) is 22.6 Å². The van der Waals surface area contributed by atoms with E-state index in [-0.39, 0.29) is 28.7 Å². The Morgan fingerprint density at radius 1 is 0.852 bits per heavy atom. The first-order valence-electron chi connectivity index (χ1n) is 18.8. The molecule has 1 aliphatic carbocycles. The fraction of sp³-hybridized carbons (Fsp3) is 0.585. The molecule has 0 atom stereocenters. The summed E-state index contributed by atoms with van der Waals surface area (Å²) in [6.45, 7) is 17.4. The van der Waals surface area contributed by atoms with Crippen LogP contribution in [0.5, 0.6) is 0 Å². The van der Waals surface area contributed by atoms with Gasteiger partial charge in [-0.1, -0.05) is 23.9 Å². The number of nitrogens with zero attached hydrogens (tertiary/aromatic N) is 3. The topological polar surface area (TPSA) is 88.6 Å². The van der Waals surface area contributed by atoms with Crippen LogP contribution in [0.15, 0.2) is 46.2 Å². The van der Waals surface area contributed by atoms with Crippen molar-refractivity contribution in [1.82, 2.24) is 4.90 Å². The molecule has 0 bridgehead atoms. The summed E-state index contributed by atoms with van der Waals surface area (Å²) in [7, 11) is 0. The van der Waals surface area contributed by atoms with Gasteiger partial charge in [-0.2, -0.15) is 13.2 Å². The third kappa shape index (κ3) is 10.5. The van der Waals surface area contributed by atoms with Gasteiger partial charge in [0.25, 0.3) is 0 Å². The molecule has 0 unspecified atom stereocenters. The average molecular weight is 774 g/mol. The lowest BCUT2D eigenvalue weighted by molar-refractivity contribution is -0.155. The van der Waals surface area contributed by atoms with Crippen LogP contribution >= 0.6 is 11.8 Å². The lowest BCUT2D eigenvalue weighted by atomic mass is 10.00. The zero-order valence-corrected chi connectivity index (χ0v) is 33.8. The molecule has 54 heavy (non-hydrogen) atoms. The monoisotopic (exact) mass is 773 g/mol. The van der Waals surface area contributed by atoms with Crippen molar-refractivity contribution in [1.29, 1.82) is 0 Å². The molecule has 2 aromatic rings. The molecule has 2 heterocycles. The van der Waals surface area contributed by atoms with Crippen molar-refractivity contribution >= 4 is 52.6 Å². The molecule has 0 N–H and O–H groups in total. The van der Waals surface area contributed by atoms with Gasteiger partial charge >= 0.3 is 24.3 Å². The van der Waals surface area contributed by atoms with Crippen molar-refractivity contribution in [3.05, 3.63) is 47.5 Å². The van der Waals surface area contributed by atoms with E-state index >= 15 is 0 Å². The minimum Gasteiger partial charge on any atom is -0.460 e. The van der Waals surface area contributed by atoms with E-state index in [2.05, 4.69) is 11.0 Å². The maximum absolute atomic E-state index is 14.8. The minimum absolute atomic E-state index is 0.0796. The van der Waals surface area contributed by atoms with Crippen molar-refractivity contribution < 1.29 is 41.8 Å². The molecule has 296 valence electrons. The Morgan fingerprint density at radius 2 is 1.50 bits per heavy atom. The van der Waals surface area contributed by atoms with E-state index in [1.807, 2.05) is 32.9 Å².